The summed E-state index contributed by atoms with van der Waals surface area (Å²) in [4.78, 5) is 16.3. The molecule has 0 aliphatic rings. The Morgan fingerprint density at radius 3 is 2.17 bits per heavy atom. The minimum absolute atomic E-state index is 0.319. The third kappa shape index (κ3) is 3.95. The second kappa shape index (κ2) is 7.37. The molecule has 0 aliphatic heterocycles. The first-order valence-corrected chi connectivity index (χ1v) is 7.50. The number of carbonyl (C=O) groups is 1. The number of nitrogens with zero attached hydrogens (tertiary/aromatic N) is 1. The van der Waals surface area contributed by atoms with Crippen molar-refractivity contribution in [3.05, 3.63) is 96.1 Å². The van der Waals surface area contributed by atoms with Crippen molar-refractivity contribution >= 4 is 11.7 Å². The fourth-order valence-corrected chi connectivity index (χ4v) is 2.39. The van der Waals surface area contributed by atoms with Crippen molar-refractivity contribution in [2.45, 2.75) is 6.04 Å². The van der Waals surface area contributed by atoms with Crippen LogP contribution in [0.5, 0.6) is 0 Å². The van der Waals surface area contributed by atoms with Crippen LogP contribution >= 0.6 is 0 Å². The Labute approximate surface area is 139 Å². The molecule has 0 saturated heterocycles. The molecule has 0 fully saturated rings. The highest BCUT2D eigenvalue weighted by molar-refractivity contribution is 5.89. The Kier molecular flexibility index (Phi) is 4.81. The van der Waals surface area contributed by atoms with E-state index in [1.807, 2.05) is 30.3 Å². The first kappa shape index (κ1) is 15.7. The third-order valence-corrected chi connectivity index (χ3v) is 3.55. The fourth-order valence-electron chi connectivity index (χ4n) is 2.39. The van der Waals surface area contributed by atoms with Gasteiger partial charge in [-0.05, 0) is 47.5 Å². The van der Waals surface area contributed by atoms with Gasteiger partial charge in [-0.3, -0.25) is 4.98 Å². The van der Waals surface area contributed by atoms with Gasteiger partial charge in [-0.2, -0.15) is 0 Å². The number of amides is 2. The first-order chi connectivity index (χ1) is 11.7. The number of carbonyl (C=O) groups excluding carboxylic acids is 1. The summed E-state index contributed by atoms with van der Waals surface area (Å²) in [7, 11) is 0. The molecule has 1 atom stereocenters. The molecule has 5 heteroatoms. The molecule has 2 N–H and O–H groups in total. The average molecular weight is 321 g/mol. The predicted octanol–water partition coefficient (Wildman–Crippen LogP) is 4.13. The molecule has 4 nitrogen and oxygen atoms in total. The number of pyridine rings is 1. The maximum absolute atomic E-state index is 13.2. The van der Waals surface area contributed by atoms with Crippen molar-refractivity contribution in [2.24, 2.45) is 0 Å². The zero-order valence-electron chi connectivity index (χ0n) is 12.8. The number of hydrogen-bond acceptors (Lipinski definition) is 2. The number of halogens is 1. The Bertz CT molecular complexity index is 792. The fraction of sp³-hybridized carbons (Fsp3) is 0.0526. The van der Waals surface area contributed by atoms with Crippen molar-refractivity contribution in [2.75, 3.05) is 5.32 Å². The Hall–Kier alpha value is -3.21. The van der Waals surface area contributed by atoms with Gasteiger partial charge in [0.1, 0.15) is 5.82 Å². The van der Waals surface area contributed by atoms with E-state index >= 15 is 0 Å². The van der Waals surface area contributed by atoms with E-state index in [1.165, 1.54) is 12.1 Å². The van der Waals surface area contributed by atoms with E-state index in [0.29, 0.717) is 5.69 Å². The van der Waals surface area contributed by atoms with Gasteiger partial charge in [0.2, 0.25) is 0 Å². The molecule has 3 aromatic rings. The molecule has 0 bridgehead atoms. The normalized spacial score (nSPS) is 11.5. The van der Waals surface area contributed by atoms with E-state index in [9.17, 15) is 9.18 Å². The summed E-state index contributed by atoms with van der Waals surface area (Å²) < 4.78 is 13.2. The summed E-state index contributed by atoms with van der Waals surface area (Å²) in [6.45, 7) is 0. The lowest BCUT2D eigenvalue weighted by Gasteiger charge is -2.20. The molecule has 0 radical (unpaired) electrons. The summed E-state index contributed by atoms with van der Waals surface area (Å²) in [6, 6.07) is 18.1. The molecule has 2 amide bonds. The Balaban J connectivity index is 1.82. The van der Waals surface area contributed by atoms with Gasteiger partial charge in [0.15, 0.2) is 0 Å². The van der Waals surface area contributed by atoms with Crippen molar-refractivity contribution < 1.29 is 9.18 Å². The van der Waals surface area contributed by atoms with Crippen LogP contribution in [0.15, 0.2) is 79.1 Å². The minimum Gasteiger partial charge on any atom is -0.327 e. The topological polar surface area (TPSA) is 54.0 Å². The van der Waals surface area contributed by atoms with E-state index in [4.69, 9.17) is 0 Å². The highest BCUT2D eigenvalue weighted by Gasteiger charge is 2.17. The second-order valence-corrected chi connectivity index (χ2v) is 5.23. The van der Waals surface area contributed by atoms with Crippen LogP contribution < -0.4 is 10.6 Å². The largest absolute Gasteiger partial charge is 0.327 e. The zero-order valence-corrected chi connectivity index (χ0v) is 12.8. The van der Waals surface area contributed by atoms with Crippen LogP contribution in [0.3, 0.4) is 0 Å². The summed E-state index contributed by atoms with van der Waals surface area (Å²) >= 11 is 0. The number of aromatic nitrogens is 1. The second-order valence-electron chi connectivity index (χ2n) is 5.23. The number of para-hydroxylation sites is 1. The number of rotatable bonds is 4. The maximum Gasteiger partial charge on any atom is 0.319 e. The summed E-state index contributed by atoms with van der Waals surface area (Å²) in [5.41, 5.74) is 2.34. The number of nitrogens with one attached hydrogen (secondary N) is 2. The van der Waals surface area contributed by atoms with Crippen molar-refractivity contribution in [1.82, 2.24) is 10.3 Å². The highest BCUT2D eigenvalue weighted by Crippen LogP contribution is 2.22. The maximum atomic E-state index is 13.2. The Morgan fingerprint density at radius 2 is 1.50 bits per heavy atom. The monoisotopic (exact) mass is 321 g/mol. The van der Waals surface area contributed by atoms with Crippen LogP contribution in [0.2, 0.25) is 0 Å². The van der Waals surface area contributed by atoms with Crippen molar-refractivity contribution in [3.8, 4) is 0 Å². The molecule has 120 valence electrons. The summed E-state index contributed by atoms with van der Waals surface area (Å²) in [5, 5.41) is 5.70. The summed E-state index contributed by atoms with van der Waals surface area (Å²) in [5.74, 6) is -0.319. The minimum atomic E-state index is -0.405. The lowest BCUT2D eigenvalue weighted by Crippen LogP contribution is -2.33. The SMILES string of the molecule is O=C(Nc1ccccc1)NC(c1ccncc1)c1ccc(F)cc1. The van der Waals surface area contributed by atoms with Crippen molar-refractivity contribution in [3.63, 3.8) is 0 Å². The Morgan fingerprint density at radius 1 is 0.875 bits per heavy atom. The molecular formula is C19H16FN3O. The average Bonchev–Trinajstić information content (AvgIpc) is 2.62. The van der Waals surface area contributed by atoms with Gasteiger partial charge < -0.3 is 10.6 Å². The molecule has 1 unspecified atom stereocenters. The molecule has 0 saturated carbocycles. The van der Waals surface area contributed by atoms with E-state index in [0.717, 1.165) is 11.1 Å². The van der Waals surface area contributed by atoms with Gasteiger partial charge in [0, 0.05) is 18.1 Å². The number of benzene rings is 2. The van der Waals surface area contributed by atoms with Crippen LogP contribution in [0.4, 0.5) is 14.9 Å². The van der Waals surface area contributed by atoms with Gasteiger partial charge in [-0.25, -0.2) is 9.18 Å². The zero-order chi connectivity index (χ0) is 16.8. The number of anilines is 1. The van der Waals surface area contributed by atoms with E-state index in [2.05, 4.69) is 15.6 Å². The lowest BCUT2D eigenvalue weighted by molar-refractivity contribution is 0.250. The molecule has 1 heterocycles. The van der Waals surface area contributed by atoms with Crippen molar-refractivity contribution in [1.29, 1.82) is 0 Å². The van der Waals surface area contributed by atoms with E-state index in [-0.39, 0.29) is 11.8 Å². The van der Waals surface area contributed by atoms with Crippen LogP contribution in [0.25, 0.3) is 0 Å². The standard InChI is InChI=1S/C19H16FN3O/c20-16-8-6-14(7-9-16)18(15-10-12-21-13-11-15)23-19(24)22-17-4-2-1-3-5-17/h1-13,18H,(H2,22,23,24). The smallest absolute Gasteiger partial charge is 0.319 e. The molecule has 1 aromatic heterocycles. The first-order valence-electron chi connectivity index (χ1n) is 7.50. The summed E-state index contributed by atoms with van der Waals surface area (Å²) in [6.07, 6.45) is 3.31. The molecule has 24 heavy (non-hydrogen) atoms. The number of hydrogen-bond donors (Lipinski definition) is 2. The molecular weight excluding hydrogens is 305 g/mol. The predicted molar refractivity (Wildman–Crippen MR) is 91.1 cm³/mol. The highest BCUT2D eigenvalue weighted by atomic mass is 19.1. The van der Waals surface area contributed by atoms with Crippen LogP contribution in [0.1, 0.15) is 17.2 Å². The lowest BCUT2D eigenvalue weighted by atomic mass is 10.00. The molecule has 2 aromatic carbocycles. The van der Waals surface area contributed by atoms with Crippen LogP contribution in [-0.4, -0.2) is 11.0 Å². The molecule has 0 aliphatic carbocycles. The van der Waals surface area contributed by atoms with Crippen LogP contribution in [-0.2, 0) is 0 Å². The van der Waals surface area contributed by atoms with Crippen LogP contribution in [0, 0.1) is 5.82 Å². The molecule has 3 rings (SSSR count). The number of urea groups is 1. The molecule has 0 spiro atoms. The van der Waals surface area contributed by atoms with Gasteiger partial charge in [0.25, 0.3) is 0 Å². The van der Waals surface area contributed by atoms with E-state index in [1.54, 1.807) is 36.7 Å². The van der Waals surface area contributed by atoms with Gasteiger partial charge in [-0.15, -0.1) is 0 Å². The quantitative estimate of drug-likeness (QED) is 0.759. The van der Waals surface area contributed by atoms with Gasteiger partial charge in [-0.1, -0.05) is 30.3 Å². The van der Waals surface area contributed by atoms with Gasteiger partial charge in [0.05, 0.1) is 6.04 Å². The third-order valence-electron chi connectivity index (χ3n) is 3.55. The van der Waals surface area contributed by atoms with E-state index < -0.39 is 6.04 Å². The van der Waals surface area contributed by atoms with Gasteiger partial charge >= 0.3 is 6.03 Å².